The molecule has 1 aliphatic rings. The second kappa shape index (κ2) is 6.21. The summed E-state index contributed by atoms with van der Waals surface area (Å²) < 4.78 is 1.21. The van der Waals surface area contributed by atoms with Crippen molar-refractivity contribution in [2.75, 3.05) is 0 Å². The summed E-state index contributed by atoms with van der Waals surface area (Å²) in [5.41, 5.74) is 3.05. The minimum atomic E-state index is 0.622. The van der Waals surface area contributed by atoms with Crippen molar-refractivity contribution in [3.05, 3.63) is 33.8 Å². The monoisotopic (exact) mass is 309 g/mol. The molecule has 3 unspecified atom stereocenters. The van der Waals surface area contributed by atoms with Crippen molar-refractivity contribution < 1.29 is 0 Å². The van der Waals surface area contributed by atoms with E-state index in [2.05, 4.69) is 60.2 Å². The third kappa shape index (κ3) is 3.36. The second-order valence-corrected chi connectivity index (χ2v) is 6.61. The smallest absolute Gasteiger partial charge is 0.0178 e. The lowest BCUT2D eigenvalue weighted by Gasteiger charge is -2.30. The van der Waals surface area contributed by atoms with E-state index in [9.17, 15) is 0 Å². The minimum Gasteiger partial charge on any atom is -0.311 e. The minimum absolute atomic E-state index is 0.622. The SMILES string of the molecule is CCC(C)C(C)NC1CCc2cc(Br)ccc2C1. The van der Waals surface area contributed by atoms with Crippen LogP contribution >= 0.6 is 15.9 Å². The molecule has 2 rings (SSSR count). The number of nitrogens with one attached hydrogen (secondary N) is 1. The quantitative estimate of drug-likeness (QED) is 0.873. The van der Waals surface area contributed by atoms with Crippen LogP contribution in [0.1, 0.15) is 44.7 Å². The van der Waals surface area contributed by atoms with Gasteiger partial charge in [0.15, 0.2) is 0 Å². The highest BCUT2D eigenvalue weighted by Gasteiger charge is 2.21. The fourth-order valence-electron chi connectivity index (χ4n) is 2.76. The molecule has 0 radical (unpaired) electrons. The summed E-state index contributed by atoms with van der Waals surface area (Å²) in [4.78, 5) is 0. The Kier molecular flexibility index (Phi) is 4.85. The molecule has 0 saturated heterocycles. The number of halogens is 1. The zero-order chi connectivity index (χ0) is 13.1. The second-order valence-electron chi connectivity index (χ2n) is 5.69. The molecule has 100 valence electrons. The Bertz CT molecular complexity index is 402. The lowest BCUT2D eigenvalue weighted by atomic mass is 9.87. The summed E-state index contributed by atoms with van der Waals surface area (Å²) >= 11 is 3.56. The Morgan fingerprint density at radius 3 is 2.83 bits per heavy atom. The maximum absolute atomic E-state index is 3.81. The van der Waals surface area contributed by atoms with Crippen LogP contribution in [0.25, 0.3) is 0 Å². The van der Waals surface area contributed by atoms with Crippen LogP contribution in [0.4, 0.5) is 0 Å². The van der Waals surface area contributed by atoms with Gasteiger partial charge in [0.25, 0.3) is 0 Å². The summed E-state index contributed by atoms with van der Waals surface area (Å²) in [5.74, 6) is 0.760. The van der Waals surface area contributed by atoms with E-state index >= 15 is 0 Å². The molecular weight excluding hydrogens is 286 g/mol. The molecule has 0 fully saturated rings. The van der Waals surface area contributed by atoms with Gasteiger partial charge in [-0.3, -0.25) is 0 Å². The molecule has 1 aromatic carbocycles. The highest BCUT2D eigenvalue weighted by molar-refractivity contribution is 9.10. The Hall–Kier alpha value is -0.340. The van der Waals surface area contributed by atoms with Crippen LogP contribution in [0, 0.1) is 5.92 Å². The van der Waals surface area contributed by atoms with E-state index in [1.165, 1.54) is 41.3 Å². The van der Waals surface area contributed by atoms with Gasteiger partial charge in [-0.1, -0.05) is 42.3 Å². The topological polar surface area (TPSA) is 12.0 Å². The summed E-state index contributed by atoms with van der Waals surface area (Å²) in [6.07, 6.45) is 4.91. The molecule has 2 heteroatoms. The van der Waals surface area contributed by atoms with Crippen LogP contribution in [0.15, 0.2) is 22.7 Å². The first-order valence-electron chi connectivity index (χ1n) is 7.13. The molecule has 0 bridgehead atoms. The Balaban J connectivity index is 1.97. The summed E-state index contributed by atoms with van der Waals surface area (Å²) in [6.45, 7) is 6.94. The van der Waals surface area contributed by atoms with Gasteiger partial charge in [0.2, 0.25) is 0 Å². The van der Waals surface area contributed by atoms with Gasteiger partial charge in [-0.25, -0.2) is 0 Å². The van der Waals surface area contributed by atoms with E-state index in [0.717, 1.165) is 5.92 Å². The summed E-state index contributed by atoms with van der Waals surface area (Å²) in [7, 11) is 0. The first-order chi connectivity index (χ1) is 8.60. The number of benzene rings is 1. The van der Waals surface area contributed by atoms with Crippen molar-refractivity contribution in [2.45, 2.75) is 58.5 Å². The van der Waals surface area contributed by atoms with Crippen LogP contribution in [-0.2, 0) is 12.8 Å². The van der Waals surface area contributed by atoms with Crippen LogP contribution in [0.2, 0.25) is 0 Å². The molecule has 0 spiro atoms. The predicted molar refractivity (Wildman–Crippen MR) is 82.0 cm³/mol. The van der Waals surface area contributed by atoms with Gasteiger partial charge in [0.05, 0.1) is 0 Å². The third-order valence-electron chi connectivity index (χ3n) is 4.39. The molecule has 1 aliphatic carbocycles. The van der Waals surface area contributed by atoms with Gasteiger partial charge >= 0.3 is 0 Å². The molecular formula is C16H24BrN. The zero-order valence-electron chi connectivity index (χ0n) is 11.7. The van der Waals surface area contributed by atoms with Crippen LogP contribution in [-0.4, -0.2) is 12.1 Å². The molecule has 1 N–H and O–H groups in total. The van der Waals surface area contributed by atoms with Gasteiger partial charge in [-0.2, -0.15) is 0 Å². The first-order valence-corrected chi connectivity index (χ1v) is 7.92. The Labute approximate surface area is 119 Å². The van der Waals surface area contributed by atoms with Crippen LogP contribution in [0.3, 0.4) is 0 Å². The number of hydrogen-bond acceptors (Lipinski definition) is 1. The fraction of sp³-hybridized carbons (Fsp3) is 0.625. The molecule has 0 saturated carbocycles. The highest BCUT2D eigenvalue weighted by atomic mass is 79.9. The largest absolute Gasteiger partial charge is 0.311 e. The highest BCUT2D eigenvalue weighted by Crippen LogP contribution is 2.25. The Morgan fingerprint density at radius 1 is 1.33 bits per heavy atom. The zero-order valence-corrected chi connectivity index (χ0v) is 13.3. The maximum atomic E-state index is 3.81. The van der Waals surface area contributed by atoms with Crippen molar-refractivity contribution in [3.63, 3.8) is 0 Å². The van der Waals surface area contributed by atoms with E-state index < -0.39 is 0 Å². The lowest BCUT2D eigenvalue weighted by Crippen LogP contribution is -2.43. The van der Waals surface area contributed by atoms with Gasteiger partial charge in [0.1, 0.15) is 0 Å². The molecule has 1 nitrogen and oxygen atoms in total. The average Bonchev–Trinajstić information content (AvgIpc) is 2.38. The molecule has 0 heterocycles. The molecule has 0 aliphatic heterocycles. The normalized spacial score (nSPS) is 22.3. The molecule has 0 aromatic heterocycles. The Morgan fingerprint density at radius 2 is 2.11 bits per heavy atom. The van der Waals surface area contributed by atoms with Gasteiger partial charge in [-0.05, 0) is 55.4 Å². The van der Waals surface area contributed by atoms with Crippen LogP contribution < -0.4 is 5.32 Å². The number of hydrogen-bond donors (Lipinski definition) is 1. The van der Waals surface area contributed by atoms with E-state index in [0.29, 0.717) is 12.1 Å². The van der Waals surface area contributed by atoms with E-state index in [1.54, 1.807) is 0 Å². The van der Waals surface area contributed by atoms with Crippen molar-refractivity contribution in [1.29, 1.82) is 0 Å². The first kappa shape index (κ1) is 14.1. The summed E-state index contributed by atoms with van der Waals surface area (Å²) in [6, 6.07) is 8.00. The molecule has 1 aromatic rings. The van der Waals surface area contributed by atoms with Gasteiger partial charge < -0.3 is 5.32 Å². The van der Waals surface area contributed by atoms with Crippen molar-refractivity contribution in [3.8, 4) is 0 Å². The molecule has 3 atom stereocenters. The van der Waals surface area contributed by atoms with E-state index in [1.807, 2.05) is 0 Å². The fourth-order valence-corrected chi connectivity index (χ4v) is 3.16. The van der Waals surface area contributed by atoms with Gasteiger partial charge in [0, 0.05) is 16.6 Å². The van der Waals surface area contributed by atoms with Crippen molar-refractivity contribution in [2.24, 2.45) is 5.92 Å². The van der Waals surface area contributed by atoms with Crippen molar-refractivity contribution >= 4 is 15.9 Å². The summed E-state index contributed by atoms with van der Waals surface area (Å²) in [5, 5.41) is 3.81. The maximum Gasteiger partial charge on any atom is 0.0178 e. The van der Waals surface area contributed by atoms with E-state index in [4.69, 9.17) is 0 Å². The third-order valence-corrected chi connectivity index (χ3v) is 4.89. The molecule has 0 amide bonds. The van der Waals surface area contributed by atoms with E-state index in [-0.39, 0.29) is 0 Å². The molecule has 18 heavy (non-hydrogen) atoms. The van der Waals surface area contributed by atoms with Gasteiger partial charge in [-0.15, -0.1) is 0 Å². The lowest BCUT2D eigenvalue weighted by molar-refractivity contribution is 0.330. The standard InChI is InChI=1S/C16H24BrN/c1-4-11(2)12(3)18-16-8-6-13-9-15(17)7-5-14(13)10-16/h5,7,9,11-12,16,18H,4,6,8,10H2,1-3H3. The number of fused-ring (bicyclic) bond motifs is 1. The van der Waals surface area contributed by atoms with Crippen molar-refractivity contribution in [1.82, 2.24) is 5.32 Å². The predicted octanol–water partition coefficient (Wildman–Crippen LogP) is 4.33. The number of aryl methyl sites for hydroxylation is 1. The van der Waals surface area contributed by atoms with Crippen LogP contribution in [0.5, 0.6) is 0 Å². The number of rotatable bonds is 4. The average molecular weight is 310 g/mol.